The van der Waals surface area contributed by atoms with Gasteiger partial charge in [-0.2, -0.15) is 9.97 Å². The predicted octanol–water partition coefficient (Wildman–Crippen LogP) is 3.37. The molecule has 7 nitrogen and oxygen atoms in total. The van der Waals surface area contributed by atoms with Crippen molar-refractivity contribution in [1.29, 1.82) is 0 Å². The normalized spacial score (nSPS) is 11.5. The van der Waals surface area contributed by atoms with Gasteiger partial charge >= 0.3 is 0 Å². The molecule has 3 aromatic heterocycles. The van der Waals surface area contributed by atoms with E-state index in [4.69, 9.17) is 17.3 Å². The molecule has 0 bridgehead atoms. The number of rotatable bonds is 5. The fourth-order valence-corrected chi connectivity index (χ4v) is 3.37. The number of halogens is 2. The highest BCUT2D eigenvalue weighted by Crippen LogP contribution is 2.28. The van der Waals surface area contributed by atoms with Gasteiger partial charge < -0.3 is 15.2 Å². The third kappa shape index (κ3) is 4.03. The van der Waals surface area contributed by atoms with Crippen LogP contribution in [0.2, 0.25) is 5.28 Å². The first-order valence-corrected chi connectivity index (χ1v) is 9.31. The lowest BCUT2D eigenvalue weighted by Crippen LogP contribution is -2.10. The summed E-state index contributed by atoms with van der Waals surface area (Å²) in [6.07, 6.45) is 2.69. The largest absolute Gasteiger partial charge is 0.382 e. The highest BCUT2D eigenvalue weighted by Gasteiger charge is 2.18. The Bertz CT molecular complexity index is 1170. The number of nitrogen functional groups attached to an aromatic ring is 1. The van der Waals surface area contributed by atoms with Gasteiger partial charge in [0.05, 0.1) is 12.7 Å². The summed E-state index contributed by atoms with van der Waals surface area (Å²) in [6.45, 7) is 1.31. The second-order valence-electron chi connectivity index (χ2n) is 7.02. The first-order chi connectivity index (χ1) is 13.9. The molecule has 0 saturated carbocycles. The number of nitrogens with two attached hydrogens (primary N) is 1. The maximum absolute atomic E-state index is 13.8. The third-order valence-electron chi connectivity index (χ3n) is 4.42. The molecular weight excluding hydrogens is 393 g/mol. The molecule has 0 saturated heterocycles. The van der Waals surface area contributed by atoms with E-state index in [-0.39, 0.29) is 11.1 Å². The Kier molecular flexibility index (Phi) is 5.12. The van der Waals surface area contributed by atoms with Gasteiger partial charge in [0.15, 0.2) is 17.0 Å². The summed E-state index contributed by atoms with van der Waals surface area (Å²) >= 11 is 6.03. The van der Waals surface area contributed by atoms with E-state index >= 15 is 0 Å². The highest BCUT2D eigenvalue weighted by molar-refractivity contribution is 6.28. The van der Waals surface area contributed by atoms with Gasteiger partial charge in [-0.05, 0) is 42.9 Å². The molecule has 2 N–H and O–H groups in total. The van der Waals surface area contributed by atoms with Gasteiger partial charge in [-0.15, -0.1) is 0 Å². The fourth-order valence-electron chi connectivity index (χ4n) is 3.20. The lowest BCUT2D eigenvalue weighted by Gasteiger charge is -2.12. The molecule has 0 fully saturated rings. The number of fused-ring (bicyclic) bond motifs is 1. The average molecular weight is 412 g/mol. The summed E-state index contributed by atoms with van der Waals surface area (Å²) in [7, 11) is 4.05. The van der Waals surface area contributed by atoms with E-state index in [0.29, 0.717) is 29.1 Å². The van der Waals surface area contributed by atoms with Crippen molar-refractivity contribution in [2.45, 2.75) is 13.1 Å². The van der Waals surface area contributed by atoms with Gasteiger partial charge in [-0.1, -0.05) is 24.3 Å². The highest BCUT2D eigenvalue weighted by atomic mass is 35.5. The maximum Gasteiger partial charge on any atom is 0.226 e. The van der Waals surface area contributed by atoms with E-state index in [9.17, 15) is 4.39 Å². The summed E-state index contributed by atoms with van der Waals surface area (Å²) in [4.78, 5) is 18.9. The van der Waals surface area contributed by atoms with Crippen LogP contribution in [0.1, 0.15) is 11.1 Å². The van der Waals surface area contributed by atoms with Crippen molar-refractivity contribution >= 4 is 28.6 Å². The number of aromatic nitrogens is 5. The lowest BCUT2D eigenvalue weighted by atomic mass is 10.1. The smallest absolute Gasteiger partial charge is 0.226 e. The van der Waals surface area contributed by atoms with Crippen LogP contribution in [0.15, 0.2) is 42.7 Å². The van der Waals surface area contributed by atoms with E-state index < -0.39 is 5.82 Å². The zero-order valence-electron chi connectivity index (χ0n) is 16.0. The number of nitrogens with zero attached hydrogens (tertiary/aromatic N) is 6. The summed E-state index contributed by atoms with van der Waals surface area (Å²) in [6, 6.07) is 9.62. The SMILES string of the molecule is CN(C)Cc1ccc(Cn2c(-c3cncc(F)c3)nc3c(N)nc(Cl)nc32)cc1. The molecular formula is C20H19ClFN7. The Hall–Kier alpha value is -3.10. The average Bonchev–Trinajstić information content (AvgIpc) is 3.02. The van der Waals surface area contributed by atoms with Crippen LogP contribution in [0, 0.1) is 5.82 Å². The zero-order valence-corrected chi connectivity index (χ0v) is 16.7. The molecule has 1 aromatic carbocycles. The third-order valence-corrected chi connectivity index (χ3v) is 4.59. The van der Waals surface area contributed by atoms with E-state index in [1.807, 2.05) is 30.8 Å². The van der Waals surface area contributed by atoms with Crippen molar-refractivity contribution in [3.63, 3.8) is 0 Å². The molecule has 9 heteroatoms. The van der Waals surface area contributed by atoms with Gasteiger partial charge in [0.2, 0.25) is 5.28 Å². The summed E-state index contributed by atoms with van der Waals surface area (Å²) in [5.74, 6) is 0.213. The van der Waals surface area contributed by atoms with Gasteiger partial charge in [-0.25, -0.2) is 9.37 Å². The molecule has 4 rings (SSSR count). The first kappa shape index (κ1) is 19.2. The number of pyridine rings is 1. The number of anilines is 1. The van der Waals surface area contributed by atoms with Crippen LogP contribution in [0.5, 0.6) is 0 Å². The molecule has 0 unspecified atom stereocenters. The summed E-state index contributed by atoms with van der Waals surface area (Å²) in [5.41, 5.74) is 9.66. The standard InChI is InChI=1S/C20H19ClFN7/c1-28(2)10-12-3-5-13(6-4-12)11-29-18(14-7-15(22)9-24-8-14)25-16-17(23)26-20(21)27-19(16)29/h3-9H,10-11H2,1-2H3,(H2,23,26,27). The topological polar surface area (TPSA) is 85.8 Å². The molecule has 0 atom stereocenters. The molecule has 0 aliphatic heterocycles. The molecule has 0 aliphatic carbocycles. The second-order valence-corrected chi connectivity index (χ2v) is 7.36. The quantitative estimate of drug-likeness (QED) is 0.507. The van der Waals surface area contributed by atoms with Gasteiger partial charge in [0, 0.05) is 18.3 Å². The van der Waals surface area contributed by atoms with E-state index in [0.717, 1.165) is 18.3 Å². The molecule has 0 radical (unpaired) electrons. The van der Waals surface area contributed by atoms with Gasteiger partial charge in [0.1, 0.15) is 11.6 Å². The number of imidazole rings is 1. The summed E-state index contributed by atoms with van der Waals surface area (Å²) < 4.78 is 15.6. The van der Waals surface area contributed by atoms with Crippen LogP contribution >= 0.6 is 11.6 Å². The Morgan fingerprint density at radius 3 is 2.48 bits per heavy atom. The zero-order chi connectivity index (χ0) is 20.5. The Labute approximate surface area is 172 Å². The minimum atomic E-state index is -0.453. The van der Waals surface area contributed by atoms with Gasteiger partial charge in [-0.3, -0.25) is 4.98 Å². The maximum atomic E-state index is 13.8. The molecule has 148 valence electrons. The fraction of sp³-hybridized carbons (Fsp3) is 0.200. The molecule has 0 spiro atoms. The van der Waals surface area contributed by atoms with E-state index in [2.05, 4.69) is 37.0 Å². The van der Waals surface area contributed by atoms with Crippen LogP contribution < -0.4 is 5.73 Å². The number of hydrogen-bond acceptors (Lipinski definition) is 6. The van der Waals surface area contributed by atoms with Crippen molar-refractivity contribution in [2.75, 3.05) is 19.8 Å². The van der Waals surface area contributed by atoms with Crippen LogP contribution in [-0.2, 0) is 13.1 Å². The van der Waals surface area contributed by atoms with E-state index in [1.54, 1.807) is 6.20 Å². The lowest BCUT2D eigenvalue weighted by molar-refractivity contribution is 0.402. The van der Waals surface area contributed by atoms with Crippen LogP contribution in [0.25, 0.3) is 22.6 Å². The Morgan fingerprint density at radius 2 is 1.79 bits per heavy atom. The molecule has 0 aliphatic rings. The van der Waals surface area contributed by atoms with Crippen molar-refractivity contribution in [3.8, 4) is 11.4 Å². The van der Waals surface area contributed by atoms with Crippen molar-refractivity contribution in [1.82, 2.24) is 29.4 Å². The first-order valence-electron chi connectivity index (χ1n) is 8.93. The van der Waals surface area contributed by atoms with Crippen molar-refractivity contribution in [3.05, 3.63) is 65.0 Å². The number of benzene rings is 1. The number of hydrogen-bond donors (Lipinski definition) is 1. The molecule has 4 aromatic rings. The molecule has 0 amide bonds. The van der Waals surface area contributed by atoms with Crippen LogP contribution in [0.4, 0.5) is 10.2 Å². The molecule has 29 heavy (non-hydrogen) atoms. The van der Waals surface area contributed by atoms with Crippen molar-refractivity contribution in [2.24, 2.45) is 0 Å². The second kappa shape index (κ2) is 7.73. The monoisotopic (exact) mass is 411 g/mol. The van der Waals surface area contributed by atoms with E-state index in [1.165, 1.54) is 11.6 Å². The minimum absolute atomic E-state index is 0.0291. The van der Waals surface area contributed by atoms with Gasteiger partial charge in [0.25, 0.3) is 0 Å². The van der Waals surface area contributed by atoms with Crippen LogP contribution in [-0.4, -0.2) is 43.5 Å². The summed E-state index contributed by atoms with van der Waals surface area (Å²) in [5, 5.41) is 0.0291. The minimum Gasteiger partial charge on any atom is -0.382 e. The molecule has 3 heterocycles. The van der Waals surface area contributed by atoms with Crippen LogP contribution in [0.3, 0.4) is 0 Å². The predicted molar refractivity (Wildman–Crippen MR) is 111 cm³/mol. The Morgan fingerprint density at radius 1 is 1.07 bits per heavy atom. The Balaban J connectivity index is 1.82. The van der Waals surface area contributed by atoms with Crippen molar-refractivity contribution < 1.29 is 4.39 Å².